The summed E-state index contributed by atoms with van der Waals surface area (Å²) < 4.78 is 43.1. The van der Waals surface area contributed by atoms with E-state index in [1.165, 1.54) is 35.1 Å². The van der Waals surface area contributed by atoms with Crippen LogP contribution in [-0.4, -0.2) is 45.9 Å². The van der Waals surface area contributed by atoms with Gasteiger partial charge in [0.2, 0.25) is 0 Å². The maximum Gasteiger partial charge on any atom is 0.256 e. The van der Waals surface area contributed by atoms with Crippen molar-refractivity contribution in [1.29, 1.82) is 0 Å². The van der Waals surface area contributed by atoms with Crippen molar-refractivity contribution in [2.75, 3.05) is 13.1 Å². The summed E-state index contributed by atoms with van der Waals surface area (Å²) in [6, 6.07) is 8.84. The molecule has 0 N–H and O–H groups in total. The summed E-state index contributed by atoms with van der Waals surface area (Å²) in [4.78, 5) is 12.2. The van der Waals surface area contributed by atoms with Crippen molar-refractivity contribution < 1.29 is 12.8 Å². The van der Waals surface area contributed by atoms with Gasteiger partial charge in [0.25, 0.3) is 10.0 Å². The molecule has 30 heavy (non-hydrogen) atoms. The summed E-state index contributed by atoms with van der Waals surface area (Å²) in [6.07, 6.45) is 8.99. The van der Waals surface area contributed by atoms with E-state index < -0.39 is 15.8 Å². The molecule has 2 aromatic heterocycles. The zero-order valence-electron chi connectivity index (χ0n) is 16.4. The number of hydrogen-bond acceptors (Lipinski definition) is 6. The van der Waals surface area contributed by atoms with E-state index >= 15 is 0 Å². The van der Waals surface area contributed by atoms with Gasteiger partial charge >= 0.3 is 0 Å². The molecule has 0 spiro atoms. The molecule has 0 bridgehead atoms. The van der Waals surface area contributed by atoms with Crippen LogP contribution in [0.2, 0.25) is 0 Å². The summed E-state index contributed by atoms with van der Waals surface area (Å²) in [5.74, 6) is -0.506. The minimum absolute atomic E-state index is 0.0385. The lowest BCUT2D eigenvalue weighted by Crippen LogP contribution is -2.48. The fraction of sp³-hybridized carbons (Fsp3) is 0.286. The highest BCUT2D eigenvalue weighted by Gasteiger charge is 2.33. The Hall–Kier alpha value is -2.75. The van der Waals surface area contributed by atoms with Crippen molar-refractivity contribution in [1.82, 2.24) is 24.4 Å². The van der Waals surface area contributed by atoms with Crippen molar-refractivity contribution in [2.45, 2.75) is 30.7 Å². The Morgan fingerprint density at radius 3 is 2.57 bits per heavy atom. The molecular weight excluding hydrogens is 405 g/mol. The fourth-order valence-electron chi connectivity index (χ4n) is 3.58. The number of sulfonamides is 1. The molecule has 7 nitrogen and oxygen atoms in total. The molecule has 1 fully saturated rings. The lowest BCUT2D eigenvalue weighted by Gasteiger charge is -2.36. The number of aromatic nitrogens is 3. The van der Waals surface area contributed by atoms with Crippen LogP contribution < -0.4 is 0 Å². The van der Waals surface area contributed by atoms with E-state index in [9.17, 15) is 12.8 Å². The molecule has 0 amide bonds. The van der Waals surface area contributed by atoms with Gasteiger partial charge in [0.15, 0.2) is 0 Å². The smallest absolute Gasteiger partial charge is 0.256 e. The highest BCUT2D eigenvalue weighted by Crippen LogP contribution is 2.32. The zero-order chi connectivity index (χ0) is 21.0. The standard InChI is InChI=1S/C21H22FN5O2S/c22-18-6-7-21(20(13-18)17-5-4-9-23-14-17)30(28,29)27(26-11-2-1-3-12-26)15-19-8-10-24-16-25-19/h4-10,13-14,16H,1-3,11-12,15H2. The van der Waals surface area contributed by atoms with Crippen LogP contribution in [0, 0.1) is 5.82 Å². The average molecular weight is 428 g/mol. The van der Waals surface area contributed by atoms with Crippen LogP contribution in [0.25, 0.3) is 11.1 Å². The number of halogens is 1. The SMILES string of the molecule is O=S(=O)(c1ccc(F)cc1-c1cccnc1)N(Cc1ccncn1)N1CCCCC1. The van der Waals surface area contributed by atoms with Gasteiger partial charge in [-0.05, 0) is 43.2 Å². The zero-order valence-corrected chi connectivity index (χ0v) is 17.2. The number of rotatable bonds is 6. The van der Waals surface area contributed by atoms with Crippen molar-refractivity contribution in [3.05, 3.63) is 72.8 Å². The summed E-state index contributed by atoms with van der Waals surface area (Å²) in [5.41, 5.74) is 1.41. The second-order valence-electron chi connectivity index (χ2n) is 7.08. The summed E-state index contributed by atoms with van der Waals surface area (Å²) in [5, 5.41) is 1.84. The molecule has 156 valence electrons. The van der Waals surface area contributed by atoms with Crippen LogP contribution in [0.3, 0.4) is 0 Å². The van der Waals surface area contributed by atoms with Crippen molar-refractivity contribution >= 4 is 10.0 Å². The predicted molar refractivity (Wildman–Crippen MR) is 110 cm³/mol. The van der Waals surface area contributed by atoms with E-state index in [2.05, 4.69) is 15.0 Å². The van der Waals surface area contributed by atoms with Crippen molar-refractivity contribution in [2.24, 2.45) is 0 Å². The van der Waals surface area contributed by atoms with Gasteiger partial charge in [-0.3, -0.25) is 4.98 Å². The molecule has 1 aliphatic rings. The summed E-state index contributed by atoms with van der Waals surface area (Å²) >= 11 is 0. The summed E-state index contributed by atoms with van der Waals surface area (Å²) in [6.45, 7) is 1.34. The molecule has 1 aliphatic heterocycles. The molecule has 0 aliphatic carbocycles. The van der Waals surface area contributed by atoms with E-state index in [1.807, 2.05) is 5.01 Å². The largest absolute Gasteiger partial charge is 0.264 e. The Morgan fingerprint density at radius 1 is 1.03 bits per heavy atom. The maximum atomic E-state index is 14.1. The maximum absolute atomic E-state index is 14.1. The first-order valence-electron chi connectivity index (χ1n) is 9.78. The summed E-state index contributed by atoms with van der Waals surface area (Å²) in [7, 11) is -3.99. The van der Waals surface area contributed by atoms with Crippen LogP contribution >= 0.6 is 0 Å². The number of hydrazine groups is 1. The lowest BCUT2D eigenvalue weighted by atomic mass is 10.1. The molecule has 1 aromatic carbocycles. The molecule has 3 aromatic rings. The Bertz CT molecular complexity index is 1090. The van der Waals surface area contributed by atoms with Gasteiger partial charge < -0.3 is 0 Å². The van der Waals surface area contributed by atoms with Gasteiger partial charge in [-0.15, -0.1) is 4.41 Å². The number of benzene rings is 1. The topological polar surface area (TPSA) is 79.3 Å². The minimum atomic E-state index is -3.99. The third-order valence-corrected chi connectivity index (χ3v) is 6.88. The monoisotopic (exact) mass is 427 g/mol. The minimum Gasteiger partial charge on any atom is -0.264 e. The van der Waals surface area contributed by atoms with E-state index in [4.69, 9.17) is 0 Å². The van der Waals surface area contributed by atoms with Gasteiger partial charge in [0, 0.05) is 42.8 Å². The van der Waals surface area contributed by atoms with E-state index in [-0.39, 0.29) is 17.0 Å². The van der Waals surface area contributed by atoms with Crippen LogP contribution in [0.1, 0.15) is 25.0 Å². The number of hydrogen-bond donors (Lipinski definition) is 0. The first kappa shape index (κ1) is 20.5. The van der Waals surface area contributed by atoms with Gasteiger partial charge in [0.1, 0.15) is 12.1 Å². The Kier molecular flexibility index (Phi) is 6.12. The molecule has 0 radical (unpaired) electrons. The van der Waals surface area contributed by atoms with Gasteiger partial charge in [0.05, 0.1) is 17.1 Å². The Labute approximate surface area is 175 Å². The first-order chi connectivity index (χ1) is 14.6. The Balaban J connectivity index is 1.80. The van der Waals surface area contributed by atoms with E-state index in [0.29, 0.717) is 24.3 Å². The average Bonchev–Trinajstić information content (AvgIpc) is 2.79. The van der Waals surface area contributed by atoms with Gasteiger partial charge in [-0.2, -0.15) is 0 Å². The second-order valence-corrected chi connectivity index (χ2v) is 8.89. The van der Waals surface area contributed by atoms with Crippen LogP contribution in [0.4, 0.5) is 4.39 Å². The molecular formula is C21H22FN5O2S. The van der Waals surface area contributed by atoms with Crippen molar-refractivity contribution in [3.63, 3.8) is 0 Å². The third-order valence-electron chi connectivity index (χ3n) is 5.06. The Morgan fingerprint density at radius 2 is 1.87 bits per heavy atom. The molecule has 3 heterocycles. The quantitative estimate of drug-likeness (QED) is 0.601. The molecule has 1 saturated heterocycles. The highest BCUT2D eigenvalue weighted by molar-refractivity contribution is 7.89. The molecule has 9 heteroatoms. The molecule has 0 unspecified atom stereocenters. The molecule has 0 atom stereocenters. The number of pyridine rings is 1. The van der Waals surface area contributed by atoms with Crippen LogP contribution in [0.15, 0.2) is 66.2 Å². The first-order valence-corrected chi connectivity index (χ1v) is 11.2. The highest BCUT2D eigenvalue weighted by atomic mass is 32.2. The van der Waals surface area contributed by atoms with Crippen LogP contribution in [-0.2, 0) is 16.6 Å². The second kappa shape index (κ2) is 8.95. The third kappa shape index (κ3) is 4.38. The van der Waals surface area contributed by atoms with Crippen LogP contribution in [0.5, 0.6) is 0 Å². The van der Waals surface area contributed by atoms with Gasteiger partial charge in [-0.1, -0.05) is 12.5 Å². The molecule has 4 rings (SSSR count). The van der Waals surface area contributed by atoms with E-state index in [1.54, 1.807) is 30.6 Å². The molecule has 0 saturated carbocycles. The van der Waals surface area contributed by atoms with Gasteiger partial charge in [-0.25, -0.2) is 27.8 Å². The van der Waals surface area contributed by atoms with Crippen molar-refractivity contribution in [3.8, 4) is 11.1 Å². The lowest BCUT2D eigenvalue weighted by molar-refractivity contribution is 0.0317. The number of nitrogens with zero attached hydrogens (tertiary/aromatic N) is 5. The normalized spacial score (nSPS) is 15.4. The van der Waals surface area contributed by atoms with E-state index in [0.717, 1.165) is 19.3 Å². The number of piperidine rings is 1. The predicted octanol–water partition coefficient (Wildman–Crippen LogP) is 3.27. The fourth-order valence-corrected chi connectivity index (χ4v) is 5.27.